The van der Waals surface area contributed by atoms with Crippen LogP contribution in [0.2, 0.25) is 0 Å². The van der Waals surface area contributed by atoms with Gasteiger partial charge in [0.15, 0.2) is 0 Å². The summed E-state index contributed by atoms with van der Waals surface area (Å²) in [6.07, 6.45) is 7.38. The molecule has 1 heterocycles. The van der Waals surface area contributed by atoms with Gasteiger partial charge in [-0.2, -0.15) is 8.42 Å². The van der Waals surface area contributed by atoms with E-state index in [1.165, 1.54) is 0 Å². The van der Waals surface area contributed by atoms with E-state index in [0.717, 1.165) is 31.3 Å². The molecule has 0 bridgehead atoms. The summed E-state index contributed by atoms with van der Waals surface area (Å²) in [6, 6.07) is 0. The Hall–Kier alpha value is -1.18. The molecule has 0 aliphatic carbocycles. The molecule has 6 nitrogen and oxygen atoms in total. The topological polar surface area (TPSA) is 72.6 Å². The van der Waals surface area contributed by atoms with E-state index in [2.05, 4.69) is 9.88 Å². The molecule has 0 spiro atoms. The van der Waals surface area contributed by atoms with Gasteiger partial charge in [0, 0.05) is 6.42 Å². The highest BCUT2D eigenvalue weighted by Crippen LogP contribution is 2.12. The lowest BCUT2D eigenvalue weighted by Gasteiger charge is -2.06. The fourth-order valence-electron chi connectivity index (χ4n) is 1.75. The first-order chi connectivity index (χ1) is 9.78. The van der Waals surface area contributed by atoms with Crippen LogP contribution in [-0.4, -0.2) is 51.8 Å². The Labute approximate surface area is 126 Å². The second kappa shape index (κ2) is 8.31. The Balaban J connectivity index is 2.44. The number of unbranched alkanes of at least 4 members (excludes halogenated alkanes) is 1. The zero-order valence-electron chi connectivity index (χ0n) is 13.1. The minimum Gasteiger partial charge on any atom is -0.442 e. The van der Waals surface area contributed by atoms with E-state index in [9.17, 15) is 8.42 Å². The van der Waals surface area contributed by atoms with Gasteiger partial charge in [0.05, 0.1) is 18.6 Å². The Kier molecular flexibility index (Phi) is 7.07. The molecule has 120 valence electrons. The number of oxazole rings is 1. The lowest BCUT2D eigenvalue weighted by molar-refractivity contribution is 0.324. The van der Waals surface area contributed by atoms with Gasteiger partial charge in [-0.25, -0.2) is 4.98 Å². The predicted molar refractivity (Wildman–Crippen MR) is 82.6 cm³/mol. The van der Waals surface area contributed by atoms with Crippen molar-refractivity contribution in [3.05, 3.63) is 23.4 Å². The highest BCUT2D eigenvalue weighted by molar-refractivity contribution is 7.85. The molecular formula is C14H24N2O4S. The summed E-state index contributed by atoms with van der Waals surface area (Å²) in [6.45, 7) is 2.94. The van der Waals surface area contributed by atoms with Crippen LogP contribution < -0.4 is 0 Å². The van der Waals surface area contributed by atoms with E-state index in [1.807, 2.05) is 33.2 Å². The molecule has 0 aromatic carbocycles. The molecule has 0 atom stereocenters. The van der Waals surface area contributed by atoms with E-state index >= 15 is 0 Å². The number of hydrogen-bond acceptors (Lipinski definition) is 6. The van der Waals surface area contributed by atoms with E-state index in [0.29, 0.717) is 18.1 Å². The zero-order valence-corrected chi connectivity index (χ0v) is 13.9. The third-order valence-corrected chi connectivity index (χ3v) is 3.38. The molecule has 0 aliphatic rings. The SMILES string of the molecule is Cc1oc(/C=C/CCCN(C)C)nc1CCOS(C)(=O)=O. The molecule has 0 radical (unpaired) electrons. The van der Waals surface area contributed by atoms with Gasteiger partial charge in [-0.15, -0.1) is 0 Å². The average Bonchev–Trinajstić information content (AvgIpc) is 2.68. The molecule has 0 saturated carbocycles. The van der Waals surface area contributed by atoms with Crippen LogP contribution in [0.4, 0.5) is 0 Å². The summed E-state index contributed by atoms with van der Waals surface area (Å²) in [5.74, 6) is 1.24. The van der Waals surface area contributed by atoms with Gasteiger partial charge < -0.3 is 9.32 Å². The molecule has 0 amide bonds. The number of nitrogens with zero attached hydrogens (tertiary/aromatic N) is 2. The van der Waals surface area contributed by atoms with Crippen molar-refractivity contribution in [2.45, 2.75) is 26.2 Å². The van der Waals surface area contributed by atoms with Crippen LogP contribution in [0.5, 0.6) is 0 Å². The van der Waals surface area contributed by atoms with Crippen molar-refractivity contribution in [2.75, 3.05) is 33.5 Å². The number of rotatable bonds is 9. The van der Waals surface area contributed by atoms with Crippen LogP contribution in [0.3, 0.4) is 0 Å². The van der Waals surface area contributed by atoms with Gasteiger partial charge in [0.1, 0.15) is 5.76 Å². The maximum Gasteiger partial charge on any atom is 0.264 e. The first kappa shape index (κ1) is 17.9. The summed E-state index contributed by atoms with van der Waals surface area (Å²) < 4.78 is 32.0. The van der Waals surface area contributed by atoms with Crippen LogP contribution in [0, 0.1) is 6.92 Å². The molecule has 0 N–H and O–H groups in total. The molecule has 0 fully saturated rings. The van der Waals surface area contributed by atoms with Crippen LogP contribution >= 0.6 is 0 Å². The molecule has 0 unspecified atom stereocenters. The maximum absolute atomic E-state index is 10.9. The molecule has 1 aromatic heterocycles. The molecule has 7 heteroatoms. The van der Waals surface area contributed by atoms with Crippen molar-refractivity contribution in [3.8, 4) is 0 Å². The lowest BCUT2D eigenvalue weighted by atomic mass is 10.3. The van der Waals surface area contributed by atoms with Gasteiger partial charge >= 0.3 is 0 Å². The third kappa shape index (κ3) is 7.99. The third-order valence-electron chi connectivity index (χ3n) is 2.78. The lowest BCUT2D eigenvalue weighted by Crippen LogP contribution is -2.12. The monoisotopic (exact) mass is 316 g/mol. The van der Waals surface area contributed by atoms with Crippen molar-refractivity contribution in [3.63, 3.8) is 0 Å². The number of hydrogen-bond donors (Lipinski definition) is 0. The molecule has 21 heavy (non-hydrogen) atoms. The average molecular weight is 316 g/mol. The fraction of sp³-hybridized carbons (Fsp3) is 0.643. The first-order valence-electron chi connectivity index (χ1n) is 6.90. The van der Waals surface area contributed by atoms with E-state index in [-0.39, 0.29) is 6.61 Å². The zero-order chi connectivity index (χ0) is 15.9. The highest BCUT2D eigenvalue weighted by atomic mass is 32.2. The minimum absolute atomic E-state index is 0.0815. The second-order valence-electron chi connectivity index (χ2n) is 5.18. The second-order valence-corrected chi connectivity index (χ2v) is 6.82. The highest BCUT2D eigenvalue weighted by Gasteiger charge is 2.09. The summed E-state index contributed by atoms with van der Waals surface area (Å²) in [7, 11) is 0.691. The molecule has 1 rings (SSSR count). The minimum atomic E-state index is -3.40. The normalized spacial score (nSPS) is 12.6. The van der Waals surface area contributed by atoms with Crippen LogP contribution in [0.15, 0.2) is 10.5 Å². The van der Waals surface area contributed by atoms with Gasteiger partial charge in [0.25, 0.3) is 10.1 Å². The van der Waals surface area contributed by atoms with Crippen molar-refractivity contribution >= 4 is 16.2 Å². The predicted octanol–water partition coefficient (Wildman–Crippen LogP) is 1.86. The Morgan fingerprint density at radius 1 is 1.38 bits per heavy atom. The van der Waals surface area contributed by atoms with Crippen LogP contribution in [0.1, 0.15) is 30.2 Å². The van der Waals surface area contributed by atoms with Crippen LogP contribution in [0.25, 0.3) is 6.08 Å². The Bertz CT molecular complexity index is 562. The smallest absolute Gasteiger partial charge is 0.264 e. The molecular weight excluding hydrogens is 292 g/mol. The molecule has 0 saturated heterocycles. The largest absolute Gasteiger partial charge is 0.442 e. The number of aromatic nitrogens is 1. The number of allylic oxidation sites excluding steroid dienone is 1. The van der Waals surface area contributed by atoms with E-state index < -0.39 is 10.1 Å². The number of aryl methyl sites for hydroxylation is 1. The summed E-state index contributed by atoms with van der Waals surface area (Å²) in [4.78, 5) is 6.47. The summed E-state index contributed by atoms with van der Waals surface area (Å²) >= 11 is 0. The van der Waals surface area contributed by atoms with Crippen LogP contribution in [-0.2, 0) is 20.7 Å². The summed E-state index contributed by atoms with van der Waals surface area (Å²) in [5.41, 5.74) is 0.728. The van der Waals surface area contributed by atoms with Gasteiger partial charge in [-0.05, 0) is 46.5 Å². The molecule has 0 aliphatic heterocycles. The first-order valence-corrected chi connectivity index (χ1v) is 8.71. The quantitative estimate of drug-likeness (QED) is 0.511. The molecule has 1 aromatic rings. The van der Waals surface area contributed by atoms with Crippen molar-refractivity contribution in [2.24, 2.45) is 0 Å². The van der Waals surface area contributed by atoms with Crippen molar-refractivity contribution in [1.29, 1.82) is 0 Å². The van der Waals surface area contributed by atoms with Gasteiger partial charge in [-0.1, -0.05) is 6.08 Å². The van der Waals surface area contributed by atoms with Gasteiger partial charge in [-0.3, -0.25) is 4.18 Å². The summed E-state index contributed by atoms with van der Waals surface area (Å²) in [5, 5.41) is 0. The van der Waals surface area contributed by atoms with E-state index in [4.69, 9.17) is 8.60 Å². The Morgan fingerprint density at radius 3 is 2.71 bits per heavy atom. The standard InChI is InChI=1S/C14H24N2O4S/c1-12-13(9-11-19-21(4,17)18)15-14(20-12)8-6-5-7-10-16(2)3/h6,8H,5,7,9-11H2,1-4H3/b8-6+. The maximum atomic E-state index is 10.9. The van der Waals surface area contributed by atoms with Crippen molar-refractivity contribution in [1.82, 2.24) is 9.88 Å². The van der Waals surface area contributed by atoms with Gasteiger partial charge in [0.2, 0.25) is 5.89 Å². The Morgan fingerprint density at radius 2 is 2.10 bits per heavy atom. The fourth-order valence-corrected chi connectivity index (χ4v) is 2.14. The van der Waals surface area contributed by atoms with E-state index in [1.54, 1.807) is 0 Å². The van der Waals surface area contributed by atoms with Crippen molar-refractivity contribution < 1.29 is 17.0 Å².